The second kappa shape index (κ2) is 7.16. The fourth-order valence-corrected chi connectivity index (χ4v) is 3.55. The summed E-state index contributed by atoms with van der Waals surface area (Å²) in [6, 6.07) is 3.61. The maximum atomic E-state index is 13.0. The van der Waals surface area contributed by atoms with Gasteiger partial charge in [0.1, 0.15) is 0 Å². The normalized spacial score (nSPS) is 11.3. The average molecular weight is 392 g/mol. The van der Waals surface area contributed by atoms with Gasteiger partial charge in [0, 0.05) is 62.5 Å². The minimum absolute atomic E-state index is 0.161. The summed E-state index contributed by atoms with van der Waals surface area (Å²) >= 11 is 0. The van der Waals surface area contributed by atoms with Crippen LogP contribution in [0, 0.1) is 13.8 Å². The number of aryl methyl sites for hydroxylation is 3. The lowest BCUT2D eigenvalue weighted by molar-refractivity contribution is 0.0779. The summed E-state index contributed by atoms with van der Waals surface area (Å²) in [6.45, 7) is 7.28. The summed E-state index contributed by atoms with van der Waals surface area (Å²) in [6.07, 6.45) is 5.48. The Morgan fingerprint density at radius 1 is 1.24 bits per heavy atom. The van der Waals surface area contributed by atoms with Crippen LogP contribution in [0.2, 0.25) is 0 Å². The lowest BCUT2D eigenvalue weighted by atomic mass is 10.2. The van der Waals surface area contributed by atoms with E-state index in [1.165, 1.54) is 0 Å². The fourth-order valence-electron chi connectivity index (χ4n) is 3.55. The van der Waals surface area contributed by atoms with Crippen molar-refractivity contribution < 1.29 is 4.79 Å². The first-order valence-corrected chi connectivity index (χ1v) is 9.51. The molecule has 9 nitrogen and oxygen atoms in total. The quantitative estimate of drug-likeness (QED) is 0.520. The predicted octanol–water partition coefficient (Wildman–Crippen LogP) is 2.24. The summed E-state index contributed by atoms with van der Waals surface area (Å²) in [7, 11) is 3.64. The first-order valence-electron chi connectivity index (χ1n) is 9.51. The van der Waals surface area contributed by atoms with Crippen molar-refractivity contribution in [1.29, 1.82) is 0 Å². The van der Waals surface area contributed by atoms with Gasteiger partial charge in [-0.15, -0.1) is 0 Å². The molecule has 0 radical (unpaired) electrons. The minimum Gasteiger partial charge on any atom is -0.336 e. The third-order valence-electron chi connectivity index (χ3n) is 5.13. The Labute approximate surface area is 168 Å². The molecule has 0 saturated carbocycles. The van der Waals surface area contributed by atoms with Gasteiger partial charge in [0.2, 0.25) is 0 Å². The fraction of sp³-hybridized carbons (Fsp3) is 0.350. The van der Waals surface area contributed by atoms with Crippen LogP contribution in [0.25, 0.3) is 16.9 Å². The van der Waals surface area contributed by atoms with Crippen LogP contribution in [0.3, 0.4) is 0 Å². The maximum absolute atomic E-state index is 13.0. The zero-order valence-electron chi connectivity index (χ0n) is 17.3. The molecule has 4 rings (SSSR count). The number of nitrogens with zero attached hydrogens (tertiary/aromatic N) is 8. The van der Waals surface area contributed by atoms with E-state index in [0.717, 1.165) is 34.8 Å². The van der Waals surface area contributed by atoms with Crippen molar-refractivity contribution in [3.8, 4) is 11.3 Å². The van der Waals surface area contributed by atoms with Gasteiger partial charge in [0.15, 0.2) is 11.3 Å². The SMILES string of the molecule is CCn1ncc(-c2ccnc3cc(C(=O)N(C)Cc4cn(C)nc4C)nn23)c1C. The third-order valence-corrected chi connectivity index (χ3v) is 5.13. The summed E-state index contributed by atoms with van der Waals surface area (Å²) in [5, 5.41) is 13.3. The van der Waals surface area contributed by atoms with Gasteiger partial charge < -0.3 is 4.90 Å². The van der Waals surface area contributed by atoms with Gasteiger partial charge in [-0.25, -0.2) is 9.50 Å². The number of amides is 1. The van der Waals surface area contributed by atoms with E-state index in [0.29, 0.717) is 17.9 Å². The molecular formula is C20H24N8O. The first-order chi connectivity index (χ1) is 13.9. The Bertz CT molecular complexity index is 1200. The Hall–Kier alpha value is -3.49. The van der Waals surface area contributed by atoms with Crippen LogP contribution >= 0.6 is 0 Å². The van der Waals surface area contributed by atoms with Gasteiger partial charge in [0.25, 0.3) is 5.91 Å². The Morgan fingerprint density at radius 2 is 2.03 bits per heavy atom. The zero-order chi connectivity index (χ0) is 20.7. The van der Waals surface area contributed by atoms with E-state index in [2.05, 4.69) is 27.2 Å². The summed E-state index contributed by atoms with van der Waals surface area (Å²) in [4.78, 5) is 19.0. The largest absolute Gasteiger partial charge is 0.336 e. The van der Waals surface area contributed by atoms with E-state index >= 15 is 0 Å². The van der Waals surface area contributed by atoms with E-state index in [1.807, 2.05) is 44.0 Å². The molecule has 9 heteroatoms. The molecule has 1 amide bonds. The molecule has 150 valence electrons. The molecule has 4 aromatic heterocycles. The van der Waals surface area contributed by atoms with E-state index in [-0.39, 0.29) is 5.91 Å². The molecule has 0 saturated heterocycles. The van der Waals surface area contributed by atoms with Crippen LogP contribution < -0.4 is 0 Å². The first kappa shape index (κ1) is 18.9. The van der Waals surface area contributed by atoms with Crippen LogP contribution in [-0.2, 0) is 20.1 Å². The monoisotopic (exact) mass is 392 g/mol. The molecule has 0 aliphatic rings. The smallest absolute Gasteiger partial charge is 0.274 e. The third kappa shape index (κ3) is 3.28. The molecule has 0 aromatic carbocycles. The van der Waals surface area contributed by atoms with Crippen LogP contribution in [0.5, 0.6) is 0 Å². The highest BCUT2D eigenvalue weighted by Crippen LogP contribution is 2.24. The summed E-state index contributed by atoms with van der Waals surface area (Å²) in [5.74, 6) is -0.161. The topological polar surface area (TPSA) is 86.1 Å². The van der Waals surface area contributed by atoms with Crippen molar-refractivity contribution in [1.82, 2.24) is 39.1 Å². The van der Waals surface area contributed by atoms with Gasteiger partial charge in [-0.3, -0.25) is 14.2 Å². The summed E-state index contributed by atoms with van der Waals surface area (Å²) in [5.41, 5.74) is 5.78. The molecule has 0 aliphatic carbocycles. The van der Waals surface area contributed by atoms with E-state index in [9.17, 15) is 4.79 Å². The molecular weight excluding hydrogens is 368 g/mol. The molecule has 29 heavy (non-hydrogen) atoms. The van der Waals surface area contributed by atoms with Crippen molar-refractivity contribution in [2.45, 2.75) is 33.9 Å². The van der Waals surface area contributed by atoms with Gasteiger partial charge >= 0.3 is 0 Å². The highest BCUT2D eigenvalue weighted by atomic mass is 16.2. The molecule has 0 N–H and O–H groups in total. The number of carbonyl (C=O) groups is 1. The molecule has 0 bridgehead atoms. The molecule has 0 spiro atoms. The van der Waals surface area contributed by atoms with Crippen molar-refractivity contribution in [2.75, 3.05) is 7.05 Å². The van der Waals surface area contributed by atoms with Crippen molar-refractivity contribution >= 4 is 11.6 Å². The number of carbonyl (C=O) groups excluding carboxylic acids is 1. The number of aromatic nitrogens is 7. The van der Waals surface area contributed by atoms with Gasteiger partial charge in [-0.1, -0.05) is 0 Å². The van der Waals surface area contributed by atoms with Crippen LogP contribution in [0.15, 0.2) is 30.7 Å². The highest BCUT2D eigenvalue weighted by Gasteiger charge is 2.20. The van der Waals surface area contributed by atoms with Gasteiger partial charge in [0.05, 0.1) is 17.6 Å². The molecule has 4 aromatic rings. The second-order valence-corrected chi connectivity index (χ2v) is 7.16. The van der Waals surface area contributed by atoms with Gasteiger partial charge in [-0.05, 0) is 26.8 Å². The van der Waals surface area contributed by atoms with E-state index < -0.39 is 0 Å². The molecule has 0 unspecified atom stereocenters. The molecule has 4 heterocycles. The standard InChI is InChI=1S/C20H24N8O/c1-6-27-14(3)16(10-22-27)18-7-8-21-19-9-17(24-28(18)19)20(29)25(4)11-15-12-26(5)23-13(15)2/h7-10,12H,6,11H2,1-5H3. The van der Waals surface area contributed by atoms with Crippen LogP contribution in [-0.4, -0.2) is 52.0 Å². The van der Waals surface area contributed by atoms with Crippen molar-refractivity contribution in [3.63, 3.8) is 0 Å². The van der Waals surface area contributed by atoms with E-state index in [1.54, 1.807) is 33.4 Å². The number of hydrogen-bond acceptors (Lipinski definition) is 5. The van der Waals surface area contributed by atoms with Crippen LogP contribution in [0.1, 0.15) is 34.4 Å². The predicted molar refractivity (Wildman–Crippen MR) is 108 cm³/mol. The average Bonchev–Trinajstić information content (AvgIpc) is 3.37. The Kier molecular flexibility index (Phi) is 4.65. The molecule has 0 atom stereocenters. The zero-order valence-corrected chi connectivity index (χ0v) is 17.3. The molecule has 0 aliphatic heterocycles. The number of rotatable bonds is 5. The number of fused-ring (bicyclic) bond motifs is 1. The van der Waals surface area contributed by atoms with Crippen molar-refractivity contribution in [3.05, 3.63) is 53.4 Å². The van der Waals surface area contributed by atoms with E-state index in [4.69, 9.17) is 0 Å². The molecule has 0 fully saturated rings. The lowest BCUT2D eigenvalue weighted by Gasteiger charge is -2.15. The highest BCUT2D eigenvalue weighted by molar-refractivity contribution is 5.93. The Balaban J connectivity index is 1.67. The van der Waals surface area contributed by atoms with Crippen molar-refractivity contribution in [2.24, 2.45) is 7.05 Å². The van der Waals surface area contributed by atoms with Gasteiger partial charge in [-0.2, -0.15) is 15.3 Å². The van der Waals surface area contributed by atoms with Crippen LogP contribution in [0.4, 0.5) is 0 Å². The number of hydrogen-bond donors (Lipinski definition) is 0. The minimum atomic E-state index is -0.161. The Morgan fingerprint density at radius 3 is 2.69 bits per heavy atom. The second-order valence-electron chi connectivity index (χ2n) is 7.16. The maximum Gasteiger partial charge on any atom is 0.274 e. The summed E-state index contributed by atoms with van der Waals surface area (Å²) < 4.78 is 5.39. The lowest BCUT2D eigenvalue weighted by Crippen LogP contribution is -2.26.